The lowest BCUT2D eigenvalue weighted by molar-refractivity contribution is -0.244. The molecule has 272 valence electrons. The predicted octanol–water partition coefficient (Wildman–Crippen LogP) is 10.1. The van der Waals surface area contributed by atoms with Crippen LogP contribution in [0.2, 0.25) is 0 Å². The Labute approximate surface area is 298 Å². The van der Waals surface area contributed by atoms with Crippen molar-refractivity contribution in [2.24, 2.45) is 56.7 Å². The van der Waals surface area contributed by atoms with E-state index >= 15 is 0 Å². The molecule has 1 N–H and O–H groups in total. The van der Waals surface area contributed by atoms with Crippen molar-refractivity contribution in [1.82, 2.24) is 4.90 Å². The molecule has 4 unspecified atom stereocenters. The molecule has 1 amide bonds. The van der Waals surface area contributed by atoms with Gasteiger partial charge in [0.15, 0.2) is 0 Å². The minimum Gasteiger partial charge on any atom is -0.497 e. The number of aliphatic hydroxyl groups excluding tert-OH is 1. The highest BCUT2D eigenvalue weighted by Gasteiger charge is 2.70. The van der Waals surface area contributed by atoms with E-state index in [4.69, 9.17) is 9.47 Å². The Morgan fingerprint density at radius 3 is 2.29 bits per heavy atom. The van der Waals surface area contributed by atoms with Gasteiger partial charge in [0.25, 0.3) is 0 Å². The lowest BCUT2D eigenvalue weighted by Crippen LogP contribution is -2.66. The van der Waals surface area contributed by atoms with Gasteiger partial charge in [-0.15, -0.1) is 0 Å². The molecule has 1 aliphatic heterocycles. The van der Waals surface area contributed by atoms with E-state index in [2.05, 4.69) is 66.5 Å². The fraction of sp³-hybridized carbons (Fsp3) is 0.795. The van der Waals surface area contributed by atoms with Crippen LogP contribution >= 0.6 is 0 Å². The first-order valence-electron chi connectivity index (χ1n) is 19.5. The van der Waals surface area contributed by atoms with Crippen molar-refractivity contribution >= 4 is 6.09 Å². The maximum absolute atomic E-state index is 13.0. The molecule has 49 heavy (non-hydrogen) atoms. The van der Waals surface area contributed by atoms with Crippen molar-refractivity contribution in [2.75, 3.05) is 20.2 Å². The summed E-state index contributed by atoms with van der Waals surface area (Å²) in [4.78, 5) is 14.8. The van der Waals surface area contributed by atoms with Crippen molar-refractivity contribution < 1.29 is 19.4 Å². The SMILES string of the molecule is C=C(OC)C1=C(C#C[C@]23CC[C@@H](C(=C)C)C2C2CCC4[C@@]5(C)CC[C@H](O)C(C)(C)C5CC[C@@]4(C)[C@]2(C)CC3)CCN(C(=O)OC(C)(C)C)C1. The summed E-state index contributed by atoms with van der Waals surface area (Å²) in [6, 6.07) is 0. The Morgan fingerprint density at radius 1 is 0.918 bits per heavy atom. The van der Waals surface area contributed by atoms with Gasteiger partial charge in [-0.3, -0.25) is 0 Å². The van der Waals surface area contributed by atoms with Crippen molar-refractivity contribution in [2.45, 2.75) is 145 Å². The Bertz CT molecular complexity index is 1470. The number of amides is 1. The Hall–Kier alpha value is -2.19. The van der Waals surface area contributed by atoms with Crippen LogP contribution in [0.15, 0.2) is 35.6 Å². The van der Waals surface area contributed by atoms with Crippen LogP contribution in [0.4, 0.5) is 4.79 Å². The number of ether oxygens (including phenoxy) is 2. The summed E-state index contributed by atoms with van der Waals surface area (Å²) in [6.45, 7) is 30.5. The highest BCUT2D eigenvalue weighted by atomic mass is 16.6. The van der Waals surface area contributed by atoms with Crippen LogP contribution in [0.1, 0.15) is 133 Å². The molecule has 0 bridgehead atoms. The molecular weight excluding hydrogens is 606 g/mol. The highest BCUT2D eigenvalue weighted by Crippen LogP contribution is 2.77. The number of hydrogen-bond donors (Lipinski definition) is 1. The second-order valence-electron chi connectivity index (χ2n) is 19.7. The van der Waals surface area contributed by atoms with Crippen LogP contribution in [-0.4, -0.2) is 48.0 Å². The van der Waals surface area contributed by atoms with E-state index in [1.54, 1.807) is 12.0 Å². The zero-order valence-electron chi connectivity index (χ0n) is 32.7. The third-order valence-corrected chi connectivity index (χ3v) is 16.1. The van der Waals surface area contributed by atoms with Crippen molar-refractivity contribution in [3.63, 3.8) is 0 Å². The van der Waals surface area contributed by atoms with Crippen LogP contribution in [0.25, 0.3) is 0 Å². The third kappa shape index (κ3) is 5.64. The zero-order valence-corrected chi connectivity index (χ0v) is 32.7. The van der Waals surface area contributed by atoms with Gasteiger partial charge in [0.1, 0.15) is 11.4 Å². The van der Waals surface area contributed by atoms with Crippen molar-refractivity contribution in [3.05, 3.63) is 35.6 Å². The number of carbonyl (C=O) groups is 1. The number of allylic oxidation sites excluding steroid dienone is 1. The Kier molecular flexibility index (Phi) is 9.12. The molecule has 0 aromatic heterocycles. The van der Waals surface area contributed by atoms with Crippen LogP contribution in [0, 0.1) is 68.5 Å². The first-order chi connectivity index (χ1) is 22.7. The molecule has 5 fully saturated rings. The van der Waals surface area contributed by atoms with Gasteiger partial charge in [-0.05, 0) is 150 Å². The summed E-state index contributed by atoms with van der Waals surface area (Å²) in [5.74, 6) is 11.3. The second-order valence-corrected chi connectivity index (χ2v) is 19.7. The molecule has 0 radical (unpaired) electrons. The number of nitrogens with zero attached hydrogens (tertiary/aromatic N) is 1. The normalized spacial score (nSPS) is 42.8. The number of carbonyl (C=O) groups excluding carboxylic acids is 1. The standard InChI is InChI=1S/C44H67NO4/c1-28(2)31-16-23-44(22-15-30-19-26-45(27-32(30)29(3)48-12)38(47)49-39(4,5)6)25-24-42(10)33(37(31)44)13-14-35-41(9)20-18-36(46)40(7,8)34(41)17-21-43(35,42)11/h31,33-37,46H,1,3,13-14,16-21,23-27H2,2,4-12H3/t31-,33?,34?,35?,36-,37?,41-,42+,43+,44+/m0/s1. The first-order valence-corrected chi connectivity index (χ1v) is 19.5. The number of hydrogen-bond acceptors (Lipinski definition) is 4. The smallest absolute Gasteiger partial charge is 0.410 e. The summed E-state index contributed by atoms with van der Waals surface area (Å²) < 4.78 is 11.4. The van der Waals surface area contributed by atoms with Crippen LogP contribution in [0.5, 0.6) is 0 Å². The number of rotatable bonds is 3. The maximum Gasteiger partial charge on any atom is 0.410 e. The molecule has 5 aliphatic carbocycles. The van der Waals surface area contributed by atoms with Gasteiger partial charge in [-0.25, -0.2) is 4.79 Å². The molecule has 1 heterocycles. The lowest BCUT2D eigenvalue weighted by atomic mass is 9.32. The molecule has 5 nitrogen and oxygen atoms in total. The number of aliphatic hydroxyl groups is 1. The molecule has 6 rings (SSSR count). The van der Waals surface area contributed by atoms with Crippen LogP contribution in [-0.2, 0) is 9.47 Å². The van der Waals surface area contributed by atoms with Gasteiger partial charge in [-0.1, -0.05) is 65.2 Å². The monoisotopic (exact) mass is 674 g/mol. The van der Waals surface area contributed by atoms with Crippen LogP contribution < -0.4 is 0 Å². The van der Waals surface area contributed by atoms with E-state index in [9.17, 15) is 9.90 Å². The second kappa shape index (κ2) is 12.2. The minimum atomic E-state index is -0.548. The van der Waals surface area contributed by atoms with E-state index in [1.807, 2.05) is 20.8 Å². The highest BCUT2D eigenvalue weighted by molar-refractivity contribution is 5.69. The summed E-state index contributed by atoms with van der Waals surface area (Å²) in [6.07, 6.45) is 12.1. The van der Waals surface area contributed by atoms with E-state index in [-0.39, 0.29) is 39.3 Å². The van der Waals surface area contributed by atoms with Crippen molar-refractivity contribution in [1.29, 1.82) is 0 Å². The molecule has 5 heteroatoms. The predicted molar refractivity (Wildman–Crippen MR) is 198 cm³/mol. The maximum atomic E-state index is 13.0. The minimum absolute atomic E-state index is 0.0232. The zero-order chi connectivity index (χ0) is 35.9. The summed E-state index contributed by atoms with van der Waals surface area (Å²) >= 11 is 0. The van der Waals surface area contributed by atoms with Gasteiger partial charge in [-0.2, -0.15) is 0 Å². The quantitative estimate of drug-likeness (QED) is 0.184. The third-order valence-electron chi connectivity index (χ3n) is 16.1. The number of methoxy groups -OCH3 is 1. The lowest BCUT2D eigenvalue weighted by Gasteiger charge is -2.72. The molecule has 6 aliphatic rings. The van der Waals surface area contributed by atoms with E-state index in [0.29, 0.717) is 54.9 Å². The molecule has 0 saturated heterocycles. The molecule has 5 saturated carbocycles. The molecule has 0 aromatic carbocycles. The van der Waals surface area contributed by atoms with Gasteiger partial charge >= 0.3 is 6.09 Å². The average Bonchev–Trinajstić information content (AvgIpc) is 3.41. The average molecular weight is 674 g/mol. The fourth-order valence-electron chi connectivity index (χ4n) is 13.3. The van der Waals surface area contributed by atoms with Gasteiger partial charge < -0.3 is 19.5 Å². The number of fused-ring (bicyclic) bond motifs is 7. The Morgan fingerprint density at radius 2 is 1.63 bits per heavy atom. The first kappa shape index (κ1) is 36.6. The fourth-order valence-corrected chi connectivity index (χ4v) is 13.3. The summed E-state index contributed by atoms with van der Waals surface area (Å²) in [7, 11) is 1.65. The van der Waals surface area contributed by atoms with Gasteiger partial charge in [0.2, 0.25) is 0 Å². The van der Waals surface area contributed by atoms with Crippen LogP contribution in [0.3, 0.4) is 0 Å². The van der Waals surface area contributed by atoms with Crippen molar-refractivity contribution in [3.8, 4) is 11.8 Å². The summed E-state index contributed by atoms with van der Waals surface area (Å²) in [5, 5.41) is 11.1. The van der Waals surface area contributed by atoms with E-state index in [1.165, 1.54) is 44.1 Å². The Balaban J connectivity index is 1.34. The molecule has 0 spiro atoms. The molecule has 10 atom stereocenters. The summed E-state index contributed by atoms with van der Waals surface area (Å²) in [5.41, 5.74) is 3.55. The van der Waals surface area contributed by atoms with Gasteiger partial charge in [0.05, 0.1) is 19.8 Å². The molecule has 0 aromatic rings. The molecular formula is C44H67NO4. The topological polar surface area (TPSA) is 59.0 Å². The van der Waals surface area contributed by atoms with E-state index in [0.717, 1.165) is 36.8 Å². The van der Waals surface area contributed by atoms with E-state index < -0.39 is 5.60 Å². The largest absolute Gasteiger partial charge is 0.497 e. The van der Waals surface area contributed by atoms with Gasteiger partial charge in [0, 0.05) is 23.1 Å².